The smallest absolute Gasteiger partial charge is 0.201 e. The summed E-state index contributed by atoms with van der Waals surface area (Å²) in [7, 11) is 1.43. The van der Waals surface area contributed by atoms with E-state index in [9.17, 15) is 21.0 Å². The second-order valence-corrected chi connectivity index (χ2v) is 4.24. The summed E-state index contributed by atoms with van der Waals surface area (Å²) in [6.07, 6.45) is 6.39. The minimum absolute atomic E-state index is 0.308. The maximum absolute atomic E-state index is 9.48. The van der Waals surface area contributed by atoms with Gasteiger partial charge in [-0.1, -0.05) is 18.2 Å². The molecule has 5 heteroatoms. The van der Waals surface area contributed by atoms with Crippen LogP contribution < -0.4 is 0 Å². The van der Waals surface area contributed by atoms with E-state index < -0.39 is 16.7 Å². The molecule has 0 N–H and O–H groups in total. The van der Waals surface area contributed by atoms with Crippen molar-refractivity contribution in [3.05, 3.63) is 35.6 Å². The third kappa shape index (κ3) is 1.19. The van der Waals surface area contributed by atoms with Crippen molar-refractivity contribution in [2.75, 3.05) is 7.11 Å². The standard InChI is InChI=1S/C14H8N4O/c1-19-12-5-10-3-2-4-11(12)14(8-17,9-18)13(10,6-15)7-16/h2-5,11H,1H3. The molecule has 19 heavy (non-hydrogen) atoms. The fourth-order valence-electron chi connectivity index (χ4n) is 2.56. The Balaban J connectivity index is 2.92. The van der Waals surface area contributed by atoms with E-state index in [1.54, 1.807) is 24.3 Å². The Bertz CT molecular complexity index is 657. The second kappa shape index (κ2) is 4.02. The highest BCUT2D eigenvalue weighted by Crippen LogP contribution is 2.56. The molecule has 3 rings (SSSR count). The zero-order valence-corrected chi connectivity index (χ0v) is 10.1. The van der Waals surface area contributed by atoms with Crippen LogP contribution in [-0.4, -0.2) is 7.11 Å². The van der Waals surface area contributed by atoms with Crippen molar-refractivity contribution in [3.8, 4) is 24.3 Å². The molecule has 0 amide bonds. The lowest BCUT2D eigenvalue weighted by molar-refractivity contribution is 0.175. The molecular formula is C14H8N4O. The van der Waals surface area contributed by atoms with Gasteiger partial charge in [-0.15, -0.1) is 0 Å². The molecule has 0 aliphatic heterocycles. The zero-order valence-electron chi connectivity index (χ0n) is 10.1. The fraction of sp³-hybridized carbons (Fsp3) is 0.286. The predicted molar refractivity (Wildman–Crippen MR) is 63.1 cm³/mol. The number of nitrogens with zero attached hydrogens (tertiary/aromatic N) is 4. The van der Waals surface area contributed by atoms with Gasteiger partial charge in [0, 0.05) is 0 Å². The van der Waals surface area contributed by atoms with Crippen LogP contribution in [0.25, 0.3) is 0 Å². The third-order valence-corrected chi connectivity index (χ3v) is 3.60. The number of hydrogen-bond acceptors (Lipinski definition) is 5. The van der Waals surface area contributed by atoms with Crippen LogP contribution in [0.3, 0.4) is 0 Å². The maximum Gasteiger partial charge on any atom is 0.201 e. The van der Waals surface area contributed by atoms with Crippen molar-refractivity contribution in [2.24, 2.45) is 16.7 Å². The van der Waals surface area contributed by atoms with Gasteiger partial charge in [0.2, 0.25) is 5.41 Å². The van der Waals surface area contributed by atoms with Gasteiger partial charge in [0.25, 0.3) is 0 Å². The van der Waals surface area contributed by atoms with Gasteiger partial charge in [-0.05, 0) is 11.6 Å². The van der Waals surface area contributed by atoms with Gasteiger partial charge in [-0.3, -0.25) is 0 Å². The Morgan fingerprint density at radius 3 is 2.21 bits per heavy atom. The van der Waals surface area contributed by atoms with Gasteiger partial charge in [0.15, 0.2) is 5.41 Å². The quantitative estimate of drug-likeness (QED) is 0.702. The second-order valence-electron chi connectivity index (χ2n) is 4.24. The van der Waals surface area contributed by atoms with E-state index in [4.69, 9.17) is 4.74 Å². The van der Waals surface area contributed by atoms with Crippen molar-refractivity contribution >= 4 is 0 Å². The molecule has 2 bridgehead atoms. The highest BCUT2D eigenvalue weighted by atomic mass is 16.5. The predicted octanol–water partition coefficient (Wildman–Crippen LogP) is 1.71. The van der Waals surface area contributed by atoms with Gasteiger partial charge < -0.3 is 4.74 Å². The monoisotopic (exact) mass is 248 g/mol. The SMILES string of the molecule is COC1=CC2=CC=CC1C(C#N)(C#N)C2(C#N)C#N. The van der Waals surface area contributed by atoms with Gasteiger partial charge in [0.1, 0.15) is 5.76 Å². The minimum atomic E-state index is -1.81. The molecule has 0 aromatic rings. The van der Waals surface area contributed by atoms with E-state index >= 15 is 0 Å². The summed E-state index contributed by atoms with van der Waals surface area (Å²) in [6, 6.07) is 7.48. The van der Waals surface area contributed by atoms with Gasteiger partial charge in [-0.25, -0.2) is 0 Å². The van der Waals surface area contributed by atoms with E-state index in [1.807, 2.05) is 24.3 Å². The summed E-state index contributed by atoms with van der Waals surface area (Å²) < 4.78 is 5.19. The van der Waals surface area contributed by atoms with Crippen LogP contribution in [0.4, 0.5) is 0 Å². The molecule has 90 valence electrons. The summed E-state index contributed by atoms with van der Waals surface area (Å²) in [6.45, 7) is 0. The lowest BCUT2D eigenvalue weighted by atomic mass is 9.54. The highest BCUT2D eigenvalue weighted by molar-refractivity contribution is 5.58. The number of ether oxygens (including phenoxy) is 1. The van der Waals surface area contributed by atoms with Crippen LogP contribution >= 0.6 is 0 Å². The highest BCUT2D eigenvalue weighted by Gasteiger charge is 2.64. The van der Waals surface area contributed by atoms with Gasteiger partial charge >= 0.3 is 0 Å². The van der Waals surface area contributed by atoms with Crippen LogP contribution in [0.2, 0.25) is 0 Å². The molecule has 1 atom stereocenters. The summed E-state index contributed by atoms with van der Waals surface area (Å²) in [5.41, 5.74) is -3.32. The lowest BCUT2D eigenvalue weighted by Gasteiger charge is -2.39. The molecule has 3 aliphatic carbocycles. The molecule has 0 saturated carbocycles. The first-order valence-electron chi connectivity index (χ1n) is 5.45. The summed E-state index contributed by atoms with van der Waals surface area (Å²) in [5, 5.41) is 37.8. The molecule has 1 unspecified atom stereocenters. The first-order valence-corrected chi connectivity index (χ1v) is 5.45. The summed E-state index contributed by atoms with van der Waals surface area (Å²) in [5.74, 6) is -0.335. The Morgan fingerprint density at radius 2 is 1.74 bits per heavy atom. The largest absolute Gasteiger partial charge is 0.500 e. The fourth-order valence-corrected chi connectivity index (χ4v) is 2.56. The van der Waals surface area contributed by atoms with Crippen LogP contribution in [0, 0.1) is 62.1 Å². The van der Waals surface area contributed by atoms with Crippen molar-refractivity contribution in [1.29, 1.82) is 21.0 Å². The van der Waals surface area contributed by atoms with Gasteiger partial charge in [-0.2, -0.15) is 21.0 Å². The molecule has 0 spiro atoms. The van der Waals surface area contributed by atoms with Gasteiger partial charge in [0.05, 0.1) is 37.3 Å². The molecule has 0 fully saturated rings. The van der Waals surface area contributed by atoms with Crippen molar-refractivity contribution in [2.45, 2.75) is 0 Å². The number of nitriles is 4. The maximum atomic E-state index is 9.48. The molecule has 5 nitrogen and oxygen atoms in total. The van der Waals surface area contributed by atoms with Crippen LogP contribution in [0.15, 0.2) is 35.6 Å². The number of fused-ring (bicyclic) bond motifs is 2. The van der Waals surface area contributed by atoms with Crippen LogP contribution in [-0.2, 0) is 4.74 Å². The molecule has 3 aliphatic rings. The third-order valence-electron chi connectivity index (χ3n) is 3.60. The van der Waals surface area contributed by atoms with Crippen LogP contribution in [0.1, 0.15) is 0 Å². The molecular weight excluding hydrogens is 240 g/mol. The Labute approximate surface area is 110 Å². The average Bonchev–Trinajstić information content (AvgIpc) is 2.75. The van der Waals surface area contributed by atoms with E-state index in [2.05, 4.69) is 0 Å². The Morgan fingerprint density at radius 1 is 1.11 bits per heavy atom. The lowest BCUT2D eigenvalue weighted by Crippen LogP contribution is -2.47. The summed E-state index contributed by atoms with van der Waals surface area (Å²) >= 11 is 0. The molecule has 0 aromatic heterocycles. The van der Waals surface area contributed by atoms with Crippen LogP contribution in [0.5, 0.6) is 0 Å². The van der Waals surface area contributed by atoms with E-state index in [-0.39, 0.29) is 0 Å². The number of allylic oxidation sites excluding steroid dienone is 5. The van der Waals surface area contributed by atoms with Crippen molar-refractivity contribution in [1.82, 2.24) is 0 Å². The normalized spacial score (nSPS) is 24.6. The Hall–Kier alpha value is -3.02. The first kappa shape index (κ1) is 12.4. The summed E-state index contributed by atoms with van der Waals surface area (Å²) in [4.78, 5) is 0. The van der Waals surface area contributed by atoms with E-state index in [0.29, 0.717) is 11.3 Å². The topological polar surface area (TPSA) is 104 Å². The van der Waals surface area contributed by atoms with E-state index in [1.165, 1.54) is 7.11 Å². The first-order chi connectivity index (χ1) is 9.15. The minimum Gasteiger partial charge on any atom is -0.500 e. The number of hydrogen-bond donors (Lipinski definition) is 0. The molecule has 0 radical (unpaired) electrons. The number of methoxy groups -OCH3 is 1. The Kier molecular flexibility index (Phi) is 2.63. The zero-order chi connectivity index (χ0) is 14.1. The average molecular weight is 248 g/mol. The van der Waals surface area contributed by atoms with E-state index in [0.717, 1.165) is 0 Å². The van der Waals surface area contributed by atoms with Crippen molar-refractivity contribution in [3.63, 3.8) is 0 Å². The molecule has 0 saturated heterocycles. The molecule has 0 heterocycles. The number of rotatable bonds is 1. The molecule has 0 aromatic carbocycles. The van der Waals surface area contributed by atoms with Crippen molar-refractivity contribution < 1.29 is 4.74 Å².